The Bertz CT molecular complexity index is 581. The molecule has 2 aromatic rings. The lowest BCUT2D eigenvalue weighted by atomic mass is 10.2. The van der Waals surface area contributed by atoms with Gasteiger partial charge in [-0.25, -0.2) is 4.68 Å². The average Bonchev–Trinajstić information content (AvgIpc) is 2.85. The third kappa shape index (κ3) is 2.00. The van der Waals surface area contributed by atoms with E-state index in [1.807, 2.05) is 0 Å². The summed E-state index contributed by atoms with van der Waals surface area (Å²) in [5.41, 5.74) is 6.56. The van der Waals surface area contributed by atoms with Crippen LogP contribution in [0.25, 0.3) is 5.69 Å². The van der Waals surface area contributed by atoms with Gasteiger partial charge in [-0.05, 0) is 6.07 Å². The second-order valence-corrected chi connectivity index (χ2v) is 3.45. The number of nitrogens with two attached hydrogens (primary N) is 1. The largest absolute Gasteiger partial charge is 0.494 e. The zero-order valence-electron chi connectivity index (χ0n) is 9.61. The first-order valence-electron chi connectivity index (χ1n) is 5.10. The number of rotatable bonds is 4. The molecule has 1 heterocycles. The highest BCUT2D eigenvalue weighted by molar-refractivity contribution is 5.53. The summed E-state index contributed by atoms with van der Waals surface area (Å²) in [5, 5.41) is 18.3. The van der Waals surface area contributed by atoms with Crippen molar-refractivity contribution in [2.45, 2.75) is 6.54 Å². The van der Waals surface area contributed by atoms with E-state index < -0.39 is 4.92 Å². The number of ether oxygens (including phenoxy) is 1. The second-order valence-electron chi connectivity index (χ2n) is 3.45. The maximum absolute atomic E-state index is 10.8. The van der Waals surface area contributed by atoms with E-state index in [2.05, 4.69) is 10.3 Å². The fourth-order valence-corrected chi connectivity index (χ4v) is 1.56. The van der Waals surface area contributed by atoms with Gasteiger partial charge < -0.3 is 10.5 Å². The molecule has 0 unspecified atom stereocenters. The standard InChI is InChI=1S/C10H11N5O3/c1-18-10-3-2-7(15(16)17)4-9(10)14-8(5-11)6-12-13-14/h2-4,6H,5,11H2,1H3. The minimum absolute atomic E-state index is 0.0516. The van der Waals surface area contributed by atoms with Crippen LogP contribution < -0.4 is 10.5 Å². The number of nitrogens with zero attached hydrogens (tertiary/aromatic N) is 4. The van der Waals surface area contributed by atoms with Crippen molar-refractivity contribution < 1.29 is 9.66 Å². The molecule has 8 heteroatoms. The second kappa shape index (κ2) is 4.80. The van der Waals surface area contributed by atoms with Crippen LogP contribution in [0, 0.1) is 10.1 Å². The third-order valence-corrected chi connectivity index (χ3v) is 2.43. The Morgan fingerprint density at radius 3 is 2.94 bits per heavy atom. The maximum Gasteiger partial charge on any atom is 0.271 e. The van der Waals surface area contributed by atoms with Crippen LogP contribution in [0.15, 0.2) is 24.4 Å². The summed E-state index contributed by atoms with van der Waals surface area (Å²) in [6, 6.07) is 4.24. The first-order chi connectivity index (χ1) is 8.67. The zero-order valence-corrected chi connectivity index (χ0v) is 9.61. The lowest BCUT2D eigenvalue weighted by molar-refractivity contribution is -0.384. The van der Waals surface area contributed by atoms with Crippen LogP contribution >= 0.6 is 0 Å². The molecule has 0 bridgehead atoms. The van der Waals surface area contributed by atoms with Crippen molar-refractivity contribution in [1.82, 2.24) is 15.0 Å². The summed E-state index contributed by atoms with van der Waals surface area (Å²) in [5.74, 6) is 0.459. The first-order valence-corrected chi connectivity index (χ1v) is 5.10. The molecule has 0 aliphatic rings. The van der Waals surface area contributed by atoms with E-state index in [1.54, 1.807) is 0 Å². The van der Waals surface area contributed by atoms with Gasteiger partial charge in [0, 0.05) is 18.7 Å². The maximum atomic E-state index is 10.8. The normalized spacial score (nSPS) is 10.3. The Kier molecular flexibility index (Phi) is 3.20. The number of hydrogen-bond donors (Lipinski definition) is 1. The highest BCUT2D eigenvalue weighted by atomic mass is 16.6. The van der Waals surface area contributed by atoms with Crippen molar-refractivity contribution in [3.8, 4) is 11.4 Å². The molecule has 18 heavy (non-hydrogen) atoms. The Hall–Kier alpha value is -2.48. The smallest absolute Gasteiger partial charge is 0.271 e. The number of methoxy groups -OCH3 is 1. The van der Waals surface area contributed by atoms with Crippen LogP contribution in [-0.2, 0) is 6.54 Å². The highest BCUT2D eigenvalue weighted by Gasteiger charge is 2.15. The van der Waals surface area contributed by atoms with Gasteiger partial charge >= 0.3 is 0 Å². The van der Waals surface area contributed by atoms with Crippen molar-refractivity contribution >= 4 is 5.69 Å². The lowest BCUT2D eigenvalue weighted by Gasteiger charge is -2.09. The summed E-state index contributed by atoms with van der Waals surface area (Å²) in [7, 11) is 1.48. The van der Waals surface area contributed by atoms with Crippen LogP contribution in [0.3, 0.4) is 0 Å². The number of benzene rings is 1. The highest BCUT2D eigenvalue weighted by Crippen LogP contribution is 2.27. The molecule has 0 atom stereocenters. The van der Waals surface area contributed by atoms with Gasteiger partial charge in [0.2, 0.25) is 0 Å². The molecule has 1 aromatic carbocycles. The molecule has 0 amide bonds. The number of nitro groups is 1. The fourth-order valence-electron chi connectivity index (χ4n) is 1.56. The van der Waals surface area contributed by atoms with Crippen molar-refractivity contribution in [1.29, 1.82) is 0 Å². The fraction of sp³-hybridized carbons (Fsp3) is 0.200. The predicted octanol–water partition coefficient (Wildman–Crippen LogP) is 0.643. The summed E-state index contributed by atoms with van der Waals surface area (Å²) in [6.07, 6.45) is 1.50. The zero-order chi connectivity index (χ0) is 13.1. The number of hydrogen-bond acceptors (Lipinski definition) is 6. The van der Waals surface area contributed by atoms with Crippen molar-refractivity contribution in [3.63, 3.8) is 0 Å². The van der Waals surface area contributed by atoms with E-state index >= 15 is 0 Å². The molecule has 8 nitrogen and oxygen atoms in total. The van der Waals surface area contributed by atoms with E-state index in [9.17, 15) is 10.1 Å². The molecule has 0 spiro atoms. The third-order valence-electron chi connectivity index (χ3n) is 2.43. The van der Waals surface area contributed by atoms with Crippen LogP contribution in [0.2, 0.25) is 0 Å². The summed E-state index contributed by atoms with van der Waals surface area (Å²) < 4.78 is 6.57. The Balaban J connectivity index is 2.60. The van der Waals surface area contributed by atoms with E-state index in [0.717, 1.165) is 0 Å². The number of nitro benzene ring substituents is 1. The Labute approximate surface area is 102 Å². The quantitative estimate of drug-likeness (QED) is 0.629. The van der Waals surface area contributed by atoms with Crippen molar-refractivity contribution in [2.24, 2.45) is 5.73 Å². The van der Waals surface area contributed by atoms with E-state index in [-0.39, 0.29) is 12.2 Å². The monoisotopic (exact) mass is 249 g/mol. The minimum Gasteiger partial charge on any atom is -0.494 e. The Morgan fingerprint density at radius 2 is 2.33 bits per heavy atom. The van der Waals surface area contributed by atoms with Crippen molar-refractivity contribution in [2.75, 3.05) is 7.11 Å². The number of aromatic nitrogens is 3. The molecule has 0 aliphatic carbocycles. The van der Waals surface area contributed by atoms with Gasteiger partial charge in [-0.1, -0.05) is 5.21 Å². The van der Waals surface area contributed by atoms with Crippen LogP contribution in [0.5, 0.6) is 5.75 Å². The molecule has 2 rings (SSSR count). The molecular formula is C10H11N5O3. The Morgan fingerprint density at radius 1 is 1.56 bits per heavy atom. The topological polar surface area (TPSA) is 109 Å². The molecule has 0 radical (unpaired) electrons. The van der Waals surface area contributed by atoms with Gasteiger partial charge in [0.25, 0.3) is 5.69 Å². The average molecular weight is 249 g/mol. The van der Waals surface area contributed by atoms with E-state index in [1.165, 1.54) is 36.2 Å². The summed E-state index contributed by atoms with van der Waals surface area (Å²) in [6.45, 7) is 0.221. The molecule has 1 aromatic heterocycles. The van der Waals surface area contributed by atoms with E-state index in [0.29, 0.717) is 17.1 Å². The summed E-state index contributed by atoms with van der Waals surface area (Å²) in [4.78, 5) is 10.3. The summed E-state index contributed by atoms with van der Waals surface area (Å²) >= 11 is 0. The number of non-ortho nitro benzene ring substituents is 1. The van der Waals surface area contributed by atoms with Gasteiger partial charge in [-0.15, -0.1) is 5.10 Å². The molecule has 0 saturated heterocycles. The van der Waals surface area contributed by atoms with Crippen LogP contribution in [0.1, 0.15) is 5.69 Å². The molecule has 94 valence electrons. The molecule has 2 N–H and O–H groups in total. The molecule has 0 fully saturated rings. The first kappa shape index (κ1) is 12.0. The van der Waals surface area contributed by atoms with Crippen molar-refractivity contribution in [3.05, 3.63) is 40.2 Å². The van der Waals surface area contributed by atoms with Gasteiger partial charge in [-0.3, -0.25) is 10.1 Å². The molecular weight excluding hydrogens is 238 g/mol. The van der Waals surface area contributed by atoms with Crippen LogP contribution in [0.4, 0.5) is 5.69 Å². The van der Waals surface area contributed by atoms with Gasteiger partial charge in [-0.2, -0.15) is 0 Å². The van der Waals surface area contributed by atoms with Gasteiger partial charge in [0.05, 0.1) is 23.9 Å². The van der Waals surface area contributed by atoms with Gasteiger partial charge in [0.1, 0.15) is 11.4 Å². The molecule has 0 aliphatic heterocycles. The minimum atomic E-state index is -0.484. The van der Waals surface area contributed by atoms with Crippen LogP contribution in [-0.4, -0.2) is 27.0 Å². The van der Waals surface area contributed by atoms with E-state index in [4.69, 9.17) is 10.5 Å². The molecule has 0 saturated carbocycles. The SMILES string of the molecule is COc1ccc([N+](=O)[O-])cc1-n1nncc1CN. The lowest BCUT2D eigenvalue weighted by Crippen LogP contribution is -2.08. The predicted molar refractivity (Wildman–Crippen MR) is 62.5 cm³/mol. The van der Waals surface area contributed by atoms with Gasteiger partial charge in [0.15, 0.2) is 0 Å².